The maximum absolute atomic E-state index is 10.1. The van der Waals surface area contributed by atoms with Crippen molar-refractivity contribution >= 4 is 6.29 Å². The van der Waals surface area contributed by atoms with Crippen molar-refractivity contribution in [1.82, 2.24) is 0 Å². The molecule has 0 bridgehead atoms. The van der Waals surface area contributed by atoms with E-state index in [0.717, 1.165) is 12.7 Å². The second-order valence-corrected chi connectivity index (χ2v) is 3.03. The highest BCUT2D eigenvalue weighted by atomic mass is 16.1. The first-order chi connectivity index (χ1) is 4.12. The third kappa shape index (κ3) is 3.95. The van der Waals surface area contributed by atoms with Gasteiger partial charge in [0.25, 0.3) is 0 Å². The molecule has 0 unspecified atom stereocenters. The molecular formula is C8H14O. The zero-order chi connectivity index (χ0) is 7.33. The van der Waals surface area contributed by atoms with E-state index in [9.17, 15) is 4.79 Å². The largest absolute Gasteiger partial charge is 0.303 e. The number of carbonyl (C=O) groups is 1. The summed E-state index contributed by atoms with van der Waals surface area (Å²) < 4.78 is 0. The van der Waals surface area contributed by atoms with Crippen LogP contribution in [0.15, 0.2) is 12.7 Å². The minimum Gasteiger partial charge on any atom is -0.303 e. The summed E-state index contributed by atoms with van der Waals surface area (Å²) in [4.78, 5) is 10.1. The first-order valence-corrected chi connectivity index (χ1v) is 3.17. The Morgan fingerprint density at radius 3 is 2.33 bits per heavy atom. The molecule has 0 rings (SSSR count). The van der Waals surface area contributed by atoms with Gasteiger partial charge in [-0.15, -0.1) is 6.58 Å². The molecule has 1 heteroatoms. The Labute approximate surface area is 56.8 Å². The van der Waals surface area contributed by atoms with Gasteiger partial charge in [-0.25, -0.2) is 0 Å². The molecule has 0 spiro atoms. The SMILES string of the molecule is C=CCC(C)(C)CC=O. The van der Waals surface area contributed by atoms with Crippen molar-refractivity contribution in [1.29, 1.82) is 0 Å². The number of allylic oxidation sites excluding steroid dienone is 1. The molecular weight excluding hydrogens is 112 g/mol. The normalized spacial score (nSPS) is 10.9. The van der Waals surface area contributed by atoms with Crippen LogP contribution < -0.4 is 0 Å². The van der Waals surface area contributed by atoms with Crippen LogP contribution in [0.5, 0.6) is 0 Å². The van der Waals surface area contributed by atoms with Gasteiger partial charge >= 0.3 is 0 Å². The summed E-state index contributed by atoms with van der Waals surface area (Å²) in [6.45, 7) is 7.73. The summed E-state index contributed by atoms with van der Waals surface area (Å²) in [6, 6.07) is 0. The Morgan fingerprint density at radius 2 is 2.00 bits per heavy atom. The van der Waals surface area contributed by atoms with Crippen LogP contribution in [-0.2, 0) is 4.79 Å². The number of hydrogen-bond acceptors (Lipinski definition) is 1. The molecule has 0 amide bonds. The molecule has 0 heterocycles. The summed E-state index contributed by atoms with van der Waals surface area (Å²) in [5.41, 5.74) is 0.115. The number of rotatable bonds is 4. The summed E-state index contributed by atoms with van der Waals surface area (Å²) in [5.74, 6) is 0. The van der Waals surface area contributed by atoms with Crippen molar-refractivity contribution < 1.29 is 4.79 Å². The van der Waals surface area contributed by atoms with Gasteiger partial charge in [0.05, 0.1) is 0 Å². The number of aldehydes is 1. The van der Waals surface area contributed by atoms with E-state index in [-0.39, 0.29) is 5.41 Å². The van der Waals surface area contributed by atoms with Gasteiger partial charge in [0.2, 0.25) is 0 Å². The molecule has 0 N–H and O–H groups in total. The van der Waals surface area contributed by atoms with E-state index < -0.39 is 0 Å². The van der Waals surface area contributed by atoms with Crippen molar-refractivity contribution in [3.63, 3.8) is 0 Å². The number of hydrogen-bond donors (Lipinski definition) is 0. The van der Waals surface area contributed by atoms with E-state index in [0.29, 0.717) is 6.42 Å². The second kappa shape index (κ2) is 3.44. The average molecular weight is 126 g/mol. The van der Waals surface area contributed by atoms with E-state index in [1.807, 2.05) is 6.08 Å². The average Bonchev–Trinajstić information content (AvgIpc) is 1.64. The van der Waals surface area contributed by atoms with Crippen LogP contribution in [0.1, 0.15) is 26.7 Å². The Kier molecular flexibility index (Phi) is 3.21. The predicted octanol–water partition coefficient (Wildman–Crippen LogP) is 2.18. The fraction of sp³-hybridized carbons (Fsp3) is 0.625. The third-order valence-electron chi connectivity index (χ3n) is 1.33. The lowest BCUT2D eigenvalue weighted by Gasteiger charge is -2.18. The van der Waals surface area contributed by atoms with E-state index in [1.54, 1.807) is 0 Å². The molecule has 0 aromatic rings. The second-order valence-electron chi connectivity index (χ2n) is 3.03. The molecule has 0 aromatic heterocycles. The minimum atomic E-state index is 0.115. The van der Waals surface area contributed by atoms with E-state index in [2.05, 4.69) is 20.4 Å². The zero-order valence-corrected chi connectivity index (χ0v) is 6.18. The van der Waals surface area contributed by atoms with Crippen LogP contribution in [0, 0.1) is 5.41 Å². The van der Waals surface area contributed by atoms with E-state index in [4.69, 9.17) is 0 Å². The first-order valence-electron chi connectivity index (χ1n) is 3.17. The first kappa shape index (κ1) is 8.41. The van der Waals surface area contributed by atoms with Gasteiger partial charge in [-0.3, -0.25) is 0 Å². The topological polar surface area (TPSA) is 17.1 Å². The maximum Gasteiger partial charge on any atom is 0.120 e. The highest BCUT2D eigenvalue weighted by molar-refractivity contribution is 5.50. The van der Waals surface area contributed by atoms with Gasteiger partial charge in [0, 0.05) is 6.42 Å². The Balaban J connectivity index is 3.68. The molecule has 0 aromatic carbocycles. The lowest BCUT2D eigenvalue weighted by Crippen LogP contribution is -2.09. The lowest BCUT2D eigenvalue weighted by atomic mass is 9.86. The standard InChI is InChI=1S/C8H14O/c1-4-5-8(2,3)6-7-9/h4,7H,1,5-6H2,2-3H3. The van der Waals surface area contributed by atoms with Gasteiger partial charge in [-0.2, -0.15) is 0 Å². The zero-order valence-electron chi connectivity index (χ0n) is 6.18. The molecule has 0 aliphatic carbocycles. The molecule has 0 aliphatic heterocycles. The predicted molar refractivity (Wildman–Crippen MR) is 39.3 cm³/mol. The van der Waals surface area contributed by atoms with Gasteiger partial charge < -0.3 is 4.79 Å². The van der Waals surface area contributed by atoms with Crippen LogP contribution in [0.25, 0.3) is 0 Å². The Morgan fingerprint density at radius 1 is 1.44 bits per heavy atom. The molecule has 0 radical (unpaired) electrons. The van der Waals surface area contributed by atoms with Crippen molar-refractivity contribution in [2.45, 2.75) is 26.7 Å². The van der Waals surface area contributed by atoms with E-state index in [1.165, 1.54) is 0 Å². The molecule has 0 atom stereocenters. The quantitative estimate of drug-likeness (QED) is 0.417. The van der Waals surface area contributed by atoms with Gasteiger partial charge in [-0.05, 0) is 11.8 Å². The van der Waals surface area contributed by atoms with Gasteiger partial charge in [-0.1, -0.05) is 19.9 Å². The molecule has 0 fully saturated rings. The van der Waals surface area contributed by atoms with Gasteiger partial charge in [0.15, 0.2) is 0 Å². The highest BCUT2D eigenvalue weighted by Crippen LogP contribution is 2.23. The summed E-state index contributed by atoms with van der Waals surface area (Å²) in [5, 5.41) is 0. The summed E-state index contributed by atoms with van der Waals surface area (Å²) in [6.07, 6.45) is 4.34. The van der Waals surface area contributed by atoms with Crippen LogP contribution in [0.2, 0.25) is 0 Å². The van der Waals surface area contributed by atoms with Crippen LogP contribution in [0.3, 0.4) is 0 Å². The summed E-state index contributed by atoms with van der Waals surface area (Å²) in [7, 11) is 0. The Hall–Kier alpha value is -0.590. The molecule has 0 aliphatic rings. The van der Waals surface area contributed by atoms with Crippen molar-refractivity contribution in [3.8, 4) is 0 Å². The Bertz CT molecular complexity index is 91.1. The maximum atomic E-state index is 10.1. The van der Waals surface area contributed by atoms with Crippen molar-refractivity contribution in [2.24, 2.45) is 5.41 Å². The molecule has 0 saturated heterocycles. The summed E-state index contributed by atoms with van der Waals surface area (Å²) >= 11 is 0. The lowest BCUT2D eigenvalue weighted by molar-refractivity contribution is -0.109. The van der Waals surface area contributed by atoms with Crippen molar-refractivity contribution in [3.05, 3.63) is 12.7 Å². The van der Waals surface area contributed by atoms with Crippen LogP contribution in [-0.4, -0.2) is 6.29 Å². The molecule has 1 nitrogen and oxygen atoms in total. The van der Waals surface area contributed by atoms with Crippen LogP contribution in [0.4, 0.5) is 0 Å². The van der Waals surface area contributed by atoms with Gasteiger partial charge in [0.1, 0.15) is 6.29 Å². The molecule has 0 saturated carbocycles. The minimum absolute atomic E-state index is 0.115. The molecule has 9 heavy (non-hydrogen) atoms. The highest BCUT2D eigenvalue weighted by Gasteiger charge is 2.13. The fourth-order valence-electron chi connectivity index (χ4n) is 0.700. The molecule has 52 valence electrons. The smallest absolute Gasteiger partial charge is 0.120 e. The monoisotopic (exact) mass is 126 g/mol. The fourth-order valence-corrected chi connectivity index (χ4v) is 0.700. The number of carbonyl (C=O) groups excluding carboxylic acids is 1. The van der Waals surface area contributed by atoms with Crippen molar-refractivity contribution in [2.75, 3.05) is 0 Å². The third-order valence-corrected chi connectivity index (χ3v) is 1.33. The van der Waals surface area contributed by atoms with E-state index >= 15 is 0 Å². The van der Waals surface area contributed by atoms with Crippen LogP contribution >= 0.6 is 0 Å².